The highest BCUT2D eigenvalue weighted by atomic mass is 19.4. The van der Waals surface area contributed by atoms with E-state index in [1.807, 2.05) is 4.90 Å². The van der Waals surface area contributed by atoms with Crippen molar-refractivity contribution >= 4 is 5.91 Å². The molecule has 3 rings (SSSR count). The number of nitrogens with one attached hydrogen (secondary N) is 1. The quantitative estimate of drug-likeness (QED) is 0.757. The predicted octanol–water partition coefficient (Wildman–Crippen LogP) is 3.77. The molecule has 1 atom stereocenters. The fourth-order valence-corrected chi connectivity index (χ4v) is 3.48. The lowest BCUT2D eigenvalue weighted by Gasteiger charge is -2.36. The van der Waals surface area contributed by atoms with Crippen molar-refractivity contribution in [2.75, 3.05) is 20.2 Å². The first-order chi connectivity index (χ1) is 13.2. The van der Waals surface area contributed by atoms with Gasteiger partial charge in [0.1, 0.15) is 17.6 Å². The van der Waals surface area contributed by atoms with Crippen molar-refractivity contribution in [1.29, 1.82) is 0 Å². The maximum atomic E-state index is 12.6. The number of hydrogen-bond acceptors (Lipinski definition) is 4. The van der Waals surface area contributed by atoms with Crippen LogP contribution in [0.15, 0.2) is 18.2 Å². The highest BCUT2D eigenvalue weighted by Crippen LogP contribution is 2.30. The second-order valence-electron chi connectivity index (χ2n) is 7.63. The van der Waals surface area contributed by atoms with E-state index in [9.17, 15) is 18.0 Å². The number of halogens is 3. The molecule has 1 N–H and O–H groups in total. The molecule has 1 saturated carbocycles. The van der Waals surface area contributed by atoms with E-state index >= 15 is 0 Å². The fourth-order valence-electron chi connectivity index (χ4n) is 3.48. The SMILES string of the molecule is COc1ccc(C(=O)NC2CC2)c(OC2CCN([C@H](C)CC(F)(F)F)CC2)c1. The molecule has 2 fully saturated rings. The van der Waals surface area contributed by atoms with Crippen molar-refractivity contribution in [3.8, 4) is 11.5 Å². The number of rotatable bonds is 7. The molecule has 1 aromatic carbocycles. The normalized spacial score (nSPS) is 19.9. The van der Waals surface area contributed by atoms with Crippen molar-refractivity contribution in [2.24, 2.45) is 0 Å². The lowest BCUT2D eigenvalue weighted by molar-refractivity contribution is -0.147. The van der Waals surface area contributed by atoms with E-state index in [1.54, 1.807) is 32.2 Å². The average molecular weight is 400 g/mol. The Morgan fingerprint density at radius 3 is 2.50 bits per heavy atom. The summed E-state index contributed by atoms with van der Waals surface area (Å²) in [5.41, 5.74) is 0.459. The largest absolute Gasteiger partial charge is 0.497 e. The van der Waals surface area contributed by atoms with Crippen LogP contribution in [0.1, 0.15) is 49.4 Å². The monoisotopic (exact) mass is 400 g/mol. The highest BCUT2D eigenvalue weighted by molar-refractivity contribution is 5.97. The van der Waals surface area contributed by atoms with Crippen LogP contribution in [0.5, 0.6) is 11.5 Å². The highest BCUT2D eigenvalue weighted by Gasteiger charge is 2.34. The minimum absolute atomic E-state index is 0.145. The van der Waals surface area contributed by atoms with Gasteiger partial charge >= 0.3 is 6.18 Å². The van der Waals surface area contributed by atoms with E-state index in [0.29, 0.717) is 43.0 Å². The number of ether oxygens (including phenoxy) is 2. The van der Waals surface area contributed by atoms with E-state index < -0.39 is 18.6 Å². The Labute approximate surface area is 163 Å². The molecule has 1 saturated heterocycles. The number of amides is 1. The third-order valence-electron chi connectivity index (χ3n) is 5.27. The average Bonchev–Trinajstić information content (AvgIpc) is 3.44. The zero-order valence-electron chi connectivity index (χ0n) is 16.2. The third-order valence-corrected chi connectivity index (χ3v) is 5.27. The van der Waals surface area contributed by atoms with E-state index in [2.05, 4.69) is 5.32 Å². The summed E-state index contributed by atoms with van der Waals surface area (Å²) < 4.78 is 49.2. The summed E-state index contributed by atoms with van der Waals surface area (Å²) in [4.78, 5) is 14.3. The maximum Gasteiger partial charge on any atom is 0.390 e. The first kappa shape index (κ1) is 20.8. The number of hydrogen-bond donors (Lipinski definition) is 1. The van der Waals surface area contributed by atoms with Crippen LogP contribution in [-0.4, -0.2) is 55.4 Å². The van der Waals surface area contributed by atoms with E-state index in [1.165, 1.54) is 0 Å². The first-order valence-electron chi connectivity index (χ1n) is 9.71. The minimum atomic E-state index is -4.16. The van der Waals surface area contributed by atoms with Gasteiger partial charge in [-0.25, -0.2) is 0 Å². The summed E-state index contributed by atoms with van der Waals surface area (Å²) >= 11 is 0. The summed E-state index contributed by atoms with van der Waals surface area (Å²) in [5.74, 6) is 0.880. The molecule has 0 spiro atoms. The predicted molar refractivity (Wildman–Crippen MR) is 98.8 cm³/mol. The maximum absolute atomic E-state index is 12.6. The number of piperidine rings is 1. The lowest BCUT2D eigenvalue weighted by Crippen LogP contribution is -2.44. The van der Waals surface area contributed by atoms with Crippen LogP contribution in [-0.2, 0) is 0 Å². The molecular weight excluding hydrogens is 373 g/mol. The molecule has 1 heterocycles. The Kier molecular flexibility index (Phi) is 6.37. The molecule has 0 bridgehead atoms. The van der Waals surface area contributed by atoms with Gasteiger partial charge in [0.15, 0.2) is 0 Å². The standard InChI is InChI=1S/C20H27F3N2O3/c1-13(12-20(21,22)23)25-9-7-15(8-10-25)28-18-11-16(27-2)5-6-17(18)19(26)24-14-3-4-14/h5-6,11,13-15H,3-4,7-10,12H2,1-2H3,(H,24,26)/t13-/m1/s1. The Bertz CT molecular complexity index is 684. The summed E-state index contributed by atoms with van der Waals surface area (Å²) in [6.45, 7) is 2.68. The zero-order valence-corrected chi connectivity index (χ0v) is 16.2. The van der Waals surface area contributed by atoms with Crippen LogP contribution in [0.25, 0.3) is 0 Å². The fraction of sp³-hybridized carbons (Fsp3) is 0.650. The van der Waals surface area contributed by atoms with Gasteiger partial charge < -0.3 is 19.7 Å². The Balaban J connectivity index is 1.61. The van der Waals surface area contributed by atoms with Gasteiger partial charge in [-0.05, 0) is 44.7 Å². The Morgan fingerprint density at radius 1 is 1.25 bits per heavy atom. The van der Waals surface area contributed by atoms with Crippen molar-refractivity contribution in [2.45, 2.75) is 63.4 Å². The molecule has 8 heteroatoms. The number of carbonyl (C=O) groups is 1. The molecule has 0 radical (unpaired) electrons. The van der Waals surface area contributed by atoms with Crippen molar-refractivity contribution in [3.05, 3.63) is 23.8 Å². The second kappa shape index (κ2) is 8.59. The van der Waals surface area contributed by atoms with Crippen LogP contribution in [0, 0.1) is 0 Å². The molecule has 1 aliphatic carbocycles. The number of nitrogens with zero attached hydrogens (tertiary/aromatic N) is 1. The number of carbonyl (C=O) groups excluding carboxylic acids is 1. The van der Waals surface area contributed by atoms with Crippen LogP contribution >= 0.6 is 0 Å². The summed E-state index contributed by atoms with van der Waals surface area (Å²) in [6, 6.07) is 4.79. The molecule has 2 aliphatic rings. The summed E-state index contributed by atoms with van der Waals surface area (Å²) in [5, 5.41) is 2.95. The second-order valence-corrected chi connectivity index (χ2v) is 7.63. The van der Waals surface area contributed by atoms with Gasteiger partial charge in [-0.1, -0.05) is 0 Å². The first-order valence-corrected chi connectivity index (χ1v) is 9.71. The van der Waals surface area contributed by atoms with Gasteiger partial charge in [0.25, 0.3) is 5.91 Å². The van der Waals surface area contributed by atoms with Crippen molar-refractivity contribution < 1.29 is 27.4 Å². The third kappa shape index (κ3) is 5.77. The smallest absolute Gasteiger partial charge is 0.390 e. The summed E-state index contributed by atoms with van der Waals surface area (Å²) in [6.07, 6.45) is -1.89. The zero-order chi connectivity index (χ0) is 20.3. The number of benzene rings is 1. The molecule has 0 aromatic heterocycles. The Hall–Kier alpha value is -1.96. The molecule has 1 aromatic rings. The van der Waals surface area contributed by atoms with E-state index in [4.69, 9.17) is 9.47 Å². The molecule has 1 amide bonds. The van der Waals surface area contributed by atoms with Crippen molar-refractivity contribution in [3.63, 3.8) is 0 Å². The minimum Gasteiger partial charge on any atom is -0.497 e. The van der Waals surface area contributed by atoms with Gasteiger partial charge in [-0.15, -0.1) is 0 Å². The van der Waals surface area contributed by atoms with Crippen molar-refractivity contribution in [1.82, 2.24) is 10.2 Å². The molecule has 1 aliphatic heterocycles. The van der Waals surface area contributed by atoms with Crippen LogP contribution < -0.4 is 14.8 Å². The van der Waals surface area contributed by atoms with Crippen LogP contribution in [0.4, 0.5) is 13.2 Å². The topological polar surface area (TPSA) is 50.8 Å². The number of methoxy groups -OCH3 is 1. The summed E-state index contributed by atoms with van der Waals surface area (Å²) in [7, 11) is 1.55. The lowest BCUT2D eigenvalue weighted by atomic mass is 10.0. The number of likely N-dealkylation sites (tertiary alicyclic amines) is 1. The Morgan fingerprint density at radius 2 is 1.93 bits per heavy atom. The number of alkyl halides is 3. The van der Waals surface area contributed by atoms with Gasteiger partial charge in [0, 0.05) is 31.2 Å². The van der Waals surface area contributed by atoms with E-state index in [0.717, 1.165) is 12.8 Å². The molecule has 156 valence electrons. The van der Waals surface area contributed by atoms with Crippen LogP contribution in [0.2, 0.25) is 0 Å². The van der Waals surface area contributed by atoms with Gasteiger partial charge in [-0.3, -0.25) is 4.79 Å². The molecule has 5 nitrogen and oxygen atoms in total. The molecule has 0 unspecified atom stereocenters. The van der Waals surface area contributed by atoms with Crippen LogP contribution in [0.3, 0.4) is 0 Å². The van der Waals surface area contributed by atoms with E-state index in [-0.39, 0.29) is 18.1 Å². The van der Waals surface area contributed by atoms with Gasteiger partial charge in [0.2, 0.25) is 0 Å². The molecular formula is C20H27F3N2O3. The van der Waals surface area contributed by atoms with Gasteiger partial charge in [0.05, 0.1) is 19.1 Å². The van der Waals surface area contributed by atoms with Gasteiger partial charge in [-0.2, -0.15) is 13.2 Å². The molecule has 28 heavy (non-hydrogen) atoms.